The van der Waals surface area contributed by atoms with Crippen molar-refractivity contribution in [1.29, 1.82) is 0 Å². The van der Waals surface area contributed by atoms with Crippen LogP contribution in [0, 0.1) is 0 Å². The first kappa shape index (κ1) is 21.4. The zero-order chi connectivity index (χ0) is 21.6. The van der Waals surface area contributed by atoms with Gasteiger partial charge < -0.3 is 4.74 Å². The third kappa shape index (κ3) is 5.08. The largest absolute Gasteiger partial charge is 0.465 e. The molecule has 0 bridgehead atoms. The first-order chi connectivity index (χ1) is 15.2. The molecule has 1 aromatic heterocycles. The van der Waals surface area contributed by atoms with E-state index in [-0.39, 0.29) is 12.3 Å². The van der Waals surface area contributed by atoms with Gasteiger partial charge in [0.05, 0.1) is 17.5 Å². The minimum atomic E-state index is -0.438. The number of carbonyl (C=O) groups is 2. The normalized spacial score (nSPS) is 13.6. The van der Waals surface area contributed by atoms with E-state index >= 15 is 0 Å². The smallest absolute Gasteiger partial charge is 0.341 e. The second kappa shape index (κ2) is 9.98. The van der Waals surface area contributed by atoms with Crippen LogP contribution in [0.2, 0.25) is 0 Å². The summed E-state index contributed by atoms with van der Waals surface area (Å²) in [6.45, 7) is 0.0434. The molecule has 0 amide bonds. The van der Waals surface area contributed by atoms with Crippen molar-refractivity contribution < 1.29 is 14.3 Å². The lowest BCUT2D eigenvalue weighted by Gasteiger charge is -2.15. The van der Waals surface area contributed by atoms with Crippen LogP contribution in [0.1, 0.15) is 22.5 Å². The van der Waals surface area contributed by atoms with Crippen LogP contribution in [0.3, 0.4) is 0 Å². The quantitative estimate of drug-likeness (QED) is 0.309. The van der Waals surface area contributed by atoms with Crippen LogP contribution in [0.25, 0.3) is 16.7 Å². The molecule has 0 unspecified atom stereocenters. The fourth-order valence-corrected chi connectivity index (χ4v) is 5.81. The van der Waals surface area contributed by atoms with E-state index in [4.69, 9.17) is 4.74 Å². The van der Waals surface area contributed by atoms with E-state index in [0.29, 0.717) is 16.8 Å². The minimum absolute atomic E-state index is 0.0434. The molecule has 0 radical (unpaired) electrons. The first-order valence-electron chi connectivity index (χ1n) is 9.83. The molecule has 2 aromatic carbocycles. The van der Waals surface area contributed by atoms with Gasteiger partial charge in [0.25, 0.3) is 0 Å². The summed E-state index contributed by atoms with van der Waals surface area (Å²) >= 11 is 3.25. The van der Waals surface area contributed by atoms with Crippen molar-refractivity contribution in [2.75, 3.05) is 18.6 Å². The van der Waals surface area contributed by atoms with Crippen molar-refractivity contribution >= 4 is 40.8 Å². The van der Waals surface area contributed by atoms with Crippen LogP contribution < -0.4 is 0 Å². The second-order valence-electron chi connectivity index (χ2n) is 6.87. The van der Waals surface area contributed by atoms with Crippen molar-refractivity contribution in [2.24, 2.45) is 0 Å². The molecule has 1 aliphatic rings. The zero-order valence-electron chi connectivity index (χ0n) is 17.0. The van der Waals surface area contributed by atoms with E-state index in [9.17, 15) is 9.59 Å². The van der Waals surface area contributed by atoms with Gasteiger partial charge in [-0.1, -0.05) is 59.8 Å². The average molecular weight is 452 g/mol. The maximum absolute atomic E-state index is 12.7. The Kier molecular flexibility index (Phi) is 6.89. The van der Waals surface area contributed by atoms with Crippen molar-refractivity contribution in [3.05, 3.63) is 76.3 Å². The molecule has 0 saturated carbocycles. The Labute approximate surface area is 189 Å². The van der Waals surface area contributed by atoms with E-state index in [1.54, 1.807) is 29.7 Å². The predicted molar refractivity (Wildman–Crippen MR) is 125 cm³/mol. The van der Waals surface area contributed by atoms with Crippen molar-refractivity contribution in [1.82, 2.24) is 15.0 Å². The van der Waals surface area contributed by atoms with Gasteiger partial charge >= 0.3 is 5.97 Å². The van der Waals surface area contributed by atoms with Gasteiger partial charge in [-0.2, -0.15) is 0 Å². The number of hydrogen-bond donors (Lipinski definition) is 0. The number of rotatable bonds is 6. The summed E-state index contributed by atoms with van der Waals surface area (Å²) in [7, 11) is 1.36. The van der Waals surface area contributed by atoms with E-state index < -0.39 is 5.97 Å². The Balaban J connectivity index is 1.50. The lowest BCUT2D eigenvalue weighted by molar-refractivity contribution is -0.133. The van der Waals surface area contributed by atoms with Gasteiger partial charge in [0.2, 0.25) is 0 Å². The highest BCUT2D eigenvalue weighted by atomic mass is 32.2. The molecule has 4 rings (SSSR count). The summed E-state index contributed by atoms with van der Waals surface area (Å²) in [4.78, 5) is 25.1. The van der Waals surface area contributed by atoms with Gasteiger partial charge in [0.1, 0.15) is 17.8 Å². The highest BCUT2D eigenvalue weighted by Gasteiger charge is 2.24. The van der Waals surface area contributed by atoms with Crippen LogP contribution in [-0.4, -0.2) is 45.4 Å². The molecule has 1 saturated heterocycles. The summed E-state index contributed by atoms with van der Waals surface area (Å²) in [6, 6.07) is 17.5. The Morgan fingerprint density at radius 1 is 1.00 bits per heavy atom. The monoisotopic (exact) mass is 451 g/mol. The molecular weight excluding hydrogens is 430 g/mol. The number of ketones is 1. The summed E-state index contributed by atoms with van der Waals surface area (Å²) < 4.78 is 7.32. The predicted octanol–water partition coefficient (Wildman–Crippen LogP) is 4.54. The lowest BCUT2D eigenvalue weighted by Crippen LogP contribution is -2.11. The second-order valence-corrected chi connectivity index (χ2v) is 9.34. The Hall–Kier alpha value is -2.84. The van der Waals surface area contributed by atoms with Gasteiger partial charge in [-0.3, -0.25) is 4.79 Å². The number of nitrogens with zero attached hydrogens (tertiary/aromatic N) is 3. The van der Waals surface area contributed by atoms with E-state index in [1.807, 2.05) is 54.6 Å². The lowest BCUT2D eigenvalue weighted by atomic mass is 10.0. The summed E-state index contributed by atoms with van der Waals surface area (Å²) in [5.74, 6) is 1.39. The third-order valence-electron chi connectivity index (χ3n) is 4.76. The number of ether oxygens (including phenoxy) is 1. The number of benzene rings is 2. The van der Waals surface area contributed by atoms with Gasteiger partial charge in [0, 0.05) is 5.56 Å². The van der Waals surface area contributed by atoms with Crippen LogP contribution in [0.15, 0.2) is 65.0 Å². The van der Waals surface area contributed by atoms with E-state index in [2.05, 4.69) is 10.3 Å². The van der Waals surface area contributed by atoms with Crippen molar-refractivity contribution in [3.8, 4) is 11.1 Å². The fourth-order valence-electron chi connectivity index (χ4n) is 3.18. The molecule has 0 N–H and O–H groups in total. The van der Waals surface area contributed by atoms with Crippen LogP contribution >= 0.6 is 23.5 Å². The molecule has 1 aliphatic heterocycles. The number of hydrogen-bond acceptors (Lipinski definition) is 7. The van der Waals surface area contributed by atoms with Gasteiger partial charge in [-0.05, 0) is 29.1 Å². The van der Waals surface area contributed by atoms with Gasteiger partial charge in [-0.25, -0.2) is 9.48 Å². The highest BCUT2D eigenvalue weighted by Crippen LogP contribution is 2.40. The van der Waals surface area contributed by atoms with Crippen molar-refractivity contribution in [2.45, 2.75) is 13.0 Å². The van der Waals surface area contributed by atoms with Crippen LogP contribution in [0.4, 0.5) is 0 Å². The minimum Gasteiger partial charge on any atom is -0.465 e. The summed E-state index contributed by atoms with van der Waals surface area (Å²) in [6.07, 6.45) is 2.72. The van der Waals surface area contributed by atoms with Crippen LogP contribution in [0.5, 0.6) is 0 Å². The van der Waals surface area contributed by atoms with E-state index in [0.717, 1.165) is 33.3 Å². The van der Waals surface area contributed by atoms with Crippen molar-refractivity contribution in [3.63, 3.8) is 0 Å². The number of esters is 1. The molecular formula is C23H21N3O3S2. The average Bonchev–Trinajstić information content (AvgIpc) is 3.28. The number of methoxy groups -OCH3 is 1. The molecule has 0 atom stereocenters. The molecule has 6 nitrogen and oxygen atoms in total. The SMILES string of the molecule is COC(=O)C(=C1SCCCS1)c1cn(CC(=O)c2ccc(-c3ccccc3)cc2)nn1. The topological polar surface area (TPSA) is 74.1 Å². The number of Topliss-reactive ketones (excluding diaryl/α,β-unsaturated/α-hetero) is 1. The summed E-state index contributed by atoms with van der Waals surface area (Å²) in [5, 5.41) is 8.20. The van der Waals surface area contributed by atoms with Gasteiger partial charge in [0.15, 0.2) is 5.78 Å². The Bertz CT molecular complexity index is 1100. The molecule has 8 heteroatoms. The standard InChI is InChI=1S/C23H21N3O3S2/c1-29-22(28)21(23-30-12-5-13-31-23)19-14-26(25-24-19)15-20(27)18-10-8-17(9-11-18)16-6-3-2-4-7-16/h2-4,6-11,14H,5,12-13,15H2,1H3. The highest BCUT2D eigenvalue weighted by molar-refractivity contribution is 8.23. The molecule has 3 aromatic rings. The Morgan fingerprint density at radius 3 is 2.35 bits per heavy atom. The number of thioether (sulfide) groups is 2. The molecule has 0 aliphatic carbocycles. The number of aromatic nitrogens is 3. The molecule has 31 heavy (non-hydrogen) atoms. The van der Waals surface area contributed by atoms with Gasteiger partial charge in [-0.15, -0.1) is 28.6 Å². The maximum atomic E-state index is 12.7. The molecule has 2 heterocycles. The molecule has 1 fully saturated rings. The maximum Gasteiger partial charge on any atom is 0.341 e. The third-order valence-corrected chi connectivity index (χ3v) is 7.39. The first-order valence-corrected chi connectivity index (χ1v) is 11.8. The Morgan fingerprint density at radius 2 is 1.68 bits per heavy atom. The summed E-state index contributed by atoms with van der Waals surface area (Å²) in [5.41, 5.74) is 3.60. The zero-order valence-corrected chi connectivity index (χ0v) is 18.6. The molecule has 158 valence electrons. The fraction of sp³-hybridized carbons (Fsp3) is 0.217. The number of carbonyl (C=O) groups excluding carboxylic acids is 2. The van der Waals surface area contributed by atoms with Crippen LogP contribution in [-0.2, 0) is 16.1 Å². The molecule has 0 spiro atoms. The van der Waals surface area contributed by atoms with E-state index in [1.165, 1.54) is 11.8 Å².